The van der Waals surface area contributed by atoms with Crippen molar-refractivity contribution in [1.29, 1.82) is 0 Å². The van der Waals surface area contributed by atoms with Gasteiger partial charge in [0.25, 0.3) is 0 Å². The molecule has 90 valence electrons. The van der Waals surface area contributed by atoms with Crippen LogP contribution in [0, 0.1) is 0 Å². The molecule has 0 heterocycles. The van der Waals surface area contributed by atoms with E-state index in [1.165, 1.54) is 11.1 Å². The summed E-state index contributed by atoms with van der Waals surface area (Å²) >= 11 is 0. The third kappa shape index (κ3) is 3.48. The molecular weight excluding hydrogens is 202 g/mol. The van der Waals surface area contributed by atoms with Crippen molar-refractivity contribution in [2.75, 3.05) is 13.8 Å². The molecule has 4 heteroatoms. The van der Waals surface area contributed by atoms with Crippen molar-refractivity contribution >= 4 is 0 Å². The van der Waals surface area contributed by atoms with Crippen LogP contribution in [0.4, 0.5) is 0 Å². The largest absolute Gasteiger partial charge is 0.496 e. The smallest absolute Gasteiger partial charge is 0.122 e. The Bertz CT molecular complexity index is 326. The van der Waals surface area contributed by atoms with Gasteiger partial charge in [-0.3, -0.25) is 11.2 Å². The minimum Gasteiger partial charge on any atom is -0.496 e. The minimum absolute atomic E-state index is 0.461. The molecule has 1 aromatic rings. The predicted molar refractivity (Wildman–Crippen MR) is 66.1 cm³/mol. The Labute approximate surface area is 97.1 Å². The van der Waals surface area contributed by atoms with Crippen molar-refractivity contribution in [2.45, 2.75) is 26.3 Å². The zero-order chi connectivity index (χ0) is 12.0. The number of nitrogens with one attached hydrogen (secondary N) is 2. The quantitative estimate of drug-likeness (QED) is 0.295. The minimum atomic E-state index is 0.461. The van der Waals surface area contributed by atoms with E-state index >= 15 is 0 Å². The second-order valence-corrected chi connectivity index (χ2v) is 4.04. The van der Waals surface area contributed by atoms with E-state index in [4.69, 9.17) is 10.6 Å². The van der Waals surface area contributed by atoms with Crippen LogP contribution in [0.2, 0.25) is 0 Å². The highest BCUT2D eigenvalue weighted by atomic mass is 16.5. The summed E-state index contributed by atoms with van der Waals surface area (Å²) in [5.74, 6) is 6.60. The monoisotopic (exact) mass is 223 g/mol. The molecule has 0 saturated heterocycles. The highest BCUT2D eigenvalue weighted by Gasteiger charge is 2.07. The van der Waals surface area contributed by atoms with Gasteiger partial charge in [-0.15, -0.1) is 0 Å². The number of rotatable bonds is 6. The maximum Gasteiger partial charge on any atom is 0.122 e. The van der Waals surface area contributed by atoms with E-state index in [-0.39, 0.29) is 0 Å². The lowest BCUT2D eigenvalue weighted by molar-refractivity contribution is 0.407. The van der Waals surface area contributed by atoms with Crippen LogP contribution < -0.4 is 21.3 Å². The second-order valence-electron chi connectivity index (χ2n) is 4.04. The van der Waals surface area contributed by atoms with Crippen LogP contribution in [0.1, 0.15) is 30.9 Å². The summed E-state index contributed by atoms with van der Waals surface area (Å²) in [6.07, 6.45) is 0. The van der Waals surface area contributed by atoms with Gasteiger partial charge in [0.1, 0.15) is 5.75 Å². The lowest BCUT2D eigenvalue weighted by Crippen LogP contribution is -2.33. The number of nitrogens with two attached hydrogens (primary N) is 1. The Hall–Kier alpha value is -1.10. The number of hydrogen-bond acceptors (Lipinski definition) is 4. The van der Waals surface area contributed by atoms with E-state index in [9.17, 15) is 0 Å². The Morgan fingerprint density at radius 2 is 2.12 bits per heavy atom. The zero-order valence-electron chi connectivity index (χ0n) is 10.2. The van der Waals surface area contributed by atoms with Crippen LogP contribution in [0.5, 0.6) is 5.75 Å². The average molecular weight is 223 g/mol. The Kier molecular flexibility index (Phi) is 5.25. The topological polar surface area (TPSA) is 59.3 Å². The molecular formula is C12H21N3O. The molecule has 1 aromatic carbocycles. The summed E-state index contributed by atoms with van der Waals surface area (Å²) in [6.45, 7) is 5.73. The molecule has 16 heavy (non-hydrogen) atoms. The van der Waals surface area contributed by atoms with E-state index in [0.717, 1.165) is 12.3 Å². The normalized spacial score (nSPS) is 10.8. The third-order valence-corrected chi connectivity index (χ3v) is 2.47. The van der Waals surface area contributed by atoms with E-state index in [1.54, 1.807) is 7.11 Å². The summed E-state index contributed by atoms with van der Waals surface area (Å²) in [5.41, 5.74) is 5.04. The molecule has 4 nitrogen and oxygen atoms in total. The van der Waals surface area contributed by atoms with Crippen molar-refractivity contribution < 1.29 is 4.74 Å². The van der Waals surface area contributed by atoms with E-state index in [0.29, 0.717) is 12.6 Å². The van der Waals surface area contributed by atoms with Crippen LogP contribution in [0.25, 0.3) is 0 Å². The molecule has 0 aromatic heterocycles. The van der Waals surface area contributed by atoms with Gasteiger partial charge in [0, 0.05) is 6.54 Å². The van der Waals surface area contributed by atoms with Gasteiger partial charge in [-0.25, -0.2) is 5.43 Å². The number of benzene rings is 1. The van der Waals surface area contributed by atoms with E-state index in [1.807, 2.05) is 6.07 Å². The molecule has 0 atom stereocenters. The van der Waals surface area contributed by atoms with Crippen LogP contribution in [-0.2, 0) is 6.54 Å². The van der Waals surface area contributed by atoms with Crippen molar-refractivity contribution in [1.82, 2.24) is 10.7 Å². The van der Waals surface area contributed by atoms with Gasteiger partial charge < -0.3 is 4.74 Å². The first-order chi connectivity index (χ1) is 7.69. The van der Waals surface area contributed by atoms with Crippen LogP contribution >= 0.6 is 0 Å². The number of hydrogen-bond donors (Lipinski definition) is 3. The van der Waals surface area contributed by atoms with Gasteiger partial charge in [-0.1, -0.05) is 26.0 Å². The second kappa shape index (κ2) is 6.48. The third-order valence-electron chi connectivity index (χ3n) is 2.47. The van der Waals surface area contributed by atoms with Gasteiger partial charge in [0.2, 0.25) is 0 Å². The molecule has 0 bridgehead atoms. The Morgan fingerprint density at radius 3 is 2.69 bits per heavy atom. The van der Waals surface area contributed by atoms with Gasteiger partial charge >= 0.3 is 0 Å². The molecule has 0 fully saturated rings. The lowest BCUT2D eigenvalue weighted by atomic mass is 9.99. The first-order valence-electron chi connectivity index (χ1n) is 5.50. The summed E-state index contributed by atoms with van der Waals surface area (Å²) in [4.78, 5) is 0. The fourth-order valence-electron chi connectivity index (χ4n) is 1.62. The SMILES string of the molecule is COc1ccc(CNCNN)cc1C(C)C. The molecule has 0 aliphatic carbocycles. The maximum absolute atomic E-state index is 5.33. The van der Waals surface area contributed by atoms with Gasteiger partial charge in [-0.05, 0) is 23.1 Å². The van der Waals surface area contributed by atoms with Crippen LogP contribution in [-0.4, -0.2) is 13.8 Å². The van der Waals surface area contributed by atoms with Crippen molar-refractivity contribution in [3.63, 3.8) is 0 Å². The maximum atomic E-state index is 5.33. The van der Waals surface area contributed by atoms with Crippen molar-refractivity contribution in [3.8, 4) is 5.75 Å². The first-order valence-corrected chi connectivity index (χ1v) is 5.50. The molecule has 1 rings (SSSR count). The van der Waals surface area contributed by atoms with Crippen LogP contribution in [0.15, 0.2) is 18.2 Å². The highest BCUT2D eigenvalue weighted by Crippen LogP contribution is 2.27. The molecule has 0 aliphatic rings. The highest BCUT2D eigenvalue weighted by molar-refractivity contribution is 5.39. The molecule has 0 amide bonds. The van der Waals surface area contributed by atoms with E-state index in [2.05, 4.69) is 36.7 Å². The summed E-state index contributed by atoms with van der Waals surface area (Å²) in [5, 5.41) is 3.18. The Morgan fingerprint density at radius 1 is 1.38 bits per heavy atom. The summed E-state index contributed by atoms with van der Waals surface area (Å²) in [7, 11) is 1.71. The van der Waals surface area contributed by atoms with Crippen LogP contribution in [0.3, 0.4) is 0 Å². The fraction of sp³-hybridized carbons (Fsp3) is 0.500. The van der Waals surface area contributed by atoms with E-state index < -0.39 is 0 Å². The molecule has 0 spiro atoms. The first kappa shape index (κ1) is 13.0. The average Bonchev–Trinajstić information content (AvgIpc) is 2.29. The predicted octanol–water partition coefficient (Wildman–Crippen LogP) is 1.33. The number of ether oxygens (including phenoxy) is 1. The number of methoxy groups -OCH3 is 1. The molecule has 0 aliphatic heterocycles. The molecule has 4 N–H and O–H groups in total. The lowest BCUT2D eigenvalue weighted by Gasteiger charge is -2.13. The Balaban J connectivity index is 2.77. The number of hydrazine groups is 1. The summed E-state index contributed by atoms with van der Waals surface area (Å²) < 4.78 is 5.33. The van der Waals surface area contributed by atoms with Crippen molar-refractivity contribution in [3.05, 3.63) is 29.3 Å². The van der Waals surface area contributed by atoms with Gasteiger partial charge in [0.15, 0.2) is 0 Å². The van der Waals surface area contributed by atoms with Crippen molar-refractivity contribution in [2.24, 2.45) is 5.84 Å². The molecule has 0 radical (unpaired) electrons. The molecule has 0 saturated carbocycles. The fourth-order valence-corrected chi connectivity index (χ4v) is 1.62. The standard InChI is InChI=1S/C12H21N3O/c1-9(2)11-6-10(7-14-8-15-13)4-5-12(11)16-3/h4-6,9,14-15H,7-8,13H2,1-3H3. The molecule has 0 unspecified atom stereocenters. The van der Waals surface area contributed by atoms with Gasteiger partial charge in [-0.2, -0.15) is 0 Å². The summed E-state index contributed by atoms with van der Waals surface area (Å²) in [6, 6.07) is 6.25. The van der Waals surface area contributed by atoms with Gasteiger partial charge in [0.05, 0.1) is 13.8 Å². The zero-order valence-corrected chi connectivity index (χ0v) is 10.2.